The van der Waals surface area contributed by atoms with Crippen LogP contribution in [0.3, 0.4) is 0 Å². The molecule has 0 unspecified atom stereocenters. The lowest BCUT2D eigenvalue weighted by molar-refractivity contribution is -0.143. The van der Waals surface area contributed by atoms with E-state index in [0.717, 1.165) is 12.8 Å². The summed E-state index contributed by atoms with van der Waals surface area (Å²) in [5, 5.41) is 2.61. The van der Waals surface area contributed by atoms with Gasteiger partial charge < -0.3 is 10.2 Å². The van der Waals surface area contributed by atoms with Crippen LogP contribution in [-0.4, -0.2) is 35.6 Å². The number of nitrogens with zero attached hydrogens (tertiary/aromatic N) is 1. The highest BCUT2D eigenvalue weighted by Crippen LogP contribution is 2.16. The van der Waals surface area contributed by atoms with Crippen LogP contribution < -0.4 is 5.32 Å². The molecule has 128 valence electrons. The summed E-state index contributed by atoms with van der Waals surface area (Å²) in [5.41, 5.74) is 3.53. The minimum atomic E-state index is -0.651. The van der Waals surface area contributed by atoms with E-state index in [0.29, 0.717) is 24.3 Å². The summed E-state index contributed by atoms with van der Waals surface area (Å²) >= 11 is 0. The average molecular weight is 336 g/mol. The predicted molar refractivity (Wildman–Crippen MR) is 95.5 cm³/mol. The van der Waals surface area contributed by atoms with E-state index in [1.807, 2.05) is 12.1 Å². The van der Waals surface area contributed by atoms with Crippen LogP contribution in [-0.2, 0) is 22.4 Å². The van der Waals surface area contributed by atoms with Crippen molar-refractivity contribution in [2.75, 3.05) is 18.4 Å². The molecule has 25 heavy (non-hydrogen) atoms. The topological polar surface area (TPSA) is 66.5 Å². The molecule has 0 radical (unpaired) electrons. The van der Waals surface area contributed by atoms with Crippen molar-refractivity contribution in [3.05, 3.63) is 65.2 Å². The fourth-order valence-corrected chi connectivity index (χ4v) is 2.99. The van der Waals surface area contributed by atoms with Crippen LogP contribution in [0.1, 0.15) is 28.4 Å². The van der Waals surface area contributed by atoms with Crippen molar-refractivity contribution < 1.29 is 14.4 Å². The van der Waals surface area contributed by atoms with Crippen molar-refractivity contribution >= 4 is 23.3 Å². The fourth-order valence-electron chi connectivity index (χ4n) is 2.99. The SMILES string of the molecule is CC(=O)c1ccc(NC(=O)C(=O)N2CCc3ccccc3CC2)cc1. The number of ketones is 1. The van der Waals surface area contributed by atoms with E-state index in [2.05, 4.69) is 17.4 Å². The van der Waals surface area contributed by atoms with Gasteiger partial charge in [0.05, 0.1) is 0 Å². The van der Waals surface area contributed by atoms with E-state index in [-0.39, 0.29) is 5.78 Å². The van der Waals surface area contributed by atoms with E-state index in [9.17, 15) is 14.4 Å². The third-order valence-corrected chi connectivity index (χ3v) is 4.45. The molecule has 5 nitrogen and oxygen atoms in total. The molecule has 1 heterocycles. The number of benzene rings is 2. The van der Waals surface area contributed by atoms with E-state index >= 15 is 0 Å². The summed E-state index contributed by atoms with van der Waals surface area (Å²) in [5.74, 6) is -1.22. The number of rotatable bonds is 2. The monoisotopic (exact) mass is 336 g/mol. The molecule has 1 aliphatic heterocycles. The zero-order chi connectivity index (χ0) is 17.8. The summed E-state index contributed by atoms with van der Waals surface area (Å²) in [6.07, 6.45) is 1.50. The van der Waals surface area contributed by atoms with Crippen molar-refractivity contribution in [3.63, 3.8) is 0 Å². The van der Waals surface area contributed by atoms with Crippen molar-refractivity contribution in [2.45, 2.75) is 19.8 Å². The molecular weight excluding hydrogens is 316 g/mol. The van der Waals surface area contributed by atoms with Gasteiger partial charge in [-0.15, -0.1) is 0 Å². The van der Waals surface area contributed by atoms with Gasteiger partial charge in [0.2, 0.25) is 0 Å². The summed E-state index contributed by atoms with van der Waals surface area (Å²) in [6, 6.07) is 14.6. The Labute approximate surface area is 146 Å². The Hall–Kier alpha value is -2.95. The van der Waals surface area contributed by atoms with Gasteiger partial charge in [0.25, 0.3) is 0 Å². The highest BCUT2D eigenvalue weighted by molar-refractivity contribution is 6.39. The molecule has 2 aromatic rings. The minimum Gasteiger partial charge on any atom is -0.334 e. The first kappa shape index (κ1) is 16.9. The Morgan fingerprint density at radius 3 is 1.96 bits per heavy atom. The molecule has 2 aromatic carbocycles. The molecule has 0 spiro atoms. The Balaban J connectivity index is 1.63. The highest BCUT2D eigenvalue weighted by Gasteiger charge is 2.24. The van der Waals surface area contributed by atoms with Crippen LogP contribution in [0.25, 0.3) is 0 Å². The Kier molecular flexibility index (Phi) is 4.93. The van der Waals surface area contributed by atoms with Crippen LogP contribution in [0.2, 0.25) is 0 Å². The number of hydrogen-bond acceptors (Lipinski definition) is 3. The summed E-state index contributed by atoms with van der Waals surface area (Å²) in [7, 11) is 0. The zero-order valence-electron chi connectivity index (χ0n) is 14.1. The highest BCUT2D eigenvalue weighted by atomic mass is 16.2. The number of fused-ring (bicyclic) bond motifs is 1. The van der Waals surface area contributed by atoms with Crippen molar-refractivity contribution in [1.29, 1.82) is 0 Å². The van der Waals surface area contributed by atoms with E-state index in [1.165, 1.54) is 18.1 Å². The first-order valence-electron chi connectivity index (χ1n) is 8.32. The van der Waals surface area contributed by atoms with Gasteiger partial charge in [0.15, 0.2) is 5.78 Å². The lowest BCUT2D eigenvalue weighted by Crippen LogP contribution is -2.41. The second kappa shape index (κ2) is 7.30. The normalized spacial score (nSPS) is 13.6. The molecule has 1 N–H and O–H groups in total. The van der Waals surface area contributed by atoms with Gasteiger partial charge in [-0.3, -0.25) is 14.4 Å². The van der Waals surface area contributed by atoms with Gasteiger partial charge in [-0.25, -0.2) is 0 Å². The van der Waals surface area contributed by atoms with E-state index < -0.39 is 11.8 Å². The maximum absolute atomic E-state index is 12.4. The molecule has 0 atom stereocenters. The number of nitrogens with one attached hydrogen (secondary N) is 1. The number of carbonyl (C=O) groups is 3. The van der Waals surface area contributed by atoms with E-state index in [4.69, 9.17) is 0 Å². The molecule has 0 saturated carbocycles. The number of Topliss-reactive ketones (excluding diaryl/α,β-unsaturated/α-hetero) is 1. The Bertz CT molecular complexity index is 785. The predicted octanol–water partition coefficient (Wildman–Crippen LogP) is 2.46. The fraction of sp³-hybridized carbons (Fsp3) is 0.250. The molecule has 1 aliphatic rings. The standard InChI is InChI=1S/C20H20N2O3/c1-14(23)15-6-8-18(9-7-15)21-19(24)20(25)22-12-10-16-4-2-3-5-17(16)11-13-22/h2-9H,10-13H2,1H3,(H,21,24). The van der Waals surface area contributed by atoms with Gasteiger partial charge in [-0.1, -0.05) is 24.3 Å². The zero-order valence-corrected chi connectivity index (χ0v) is 14.1. The van der Waals surface area contributed by atoms with Crippen LogP contribution in [0, 0.1) is 0 Å². The molecule has 5 heteroatoms. The van der Waals surface area contributed by atoms with Gasteiger partial charge in [-0.2, -0.15) is 0 Å². The molecule has 0 saturated heterocycles. The Morgan fingerprint density at radius 2 is 1.44 bits per heavy atom. The van der Waals surface area contributed by atoms with Crippen molar-refractivity contribution in [1.82, 2.24) is 4.90 Å². The lowest BCUT2D eigenvalue weighted by Gasteiger charge is -2.19. The molecule has 0 aromatic heterocycles. The number of carbonyl (C=O) groups excluding carboxylic acids is 3. The average Bonchev–Trinajstić information content (AvgIpc) is 2.84. The summed E-state index contributed by atoms with van der Waals surface area (Å²) in [4.78, 5) is 37.6. The van der Waals surface area contributed by atoms with Crippen LogP contribution in [0.15, 0.2) is 48.5 Å². The third kappa shape index (κ3) is 3.94. The number of hydrogen-bond donors (Lipinski definition) is 1. The first-order chi connectivity index (χ1) is 12.0. The van der Waals surface area contributed by atoms with Crippen LogP contribution in [0.5, 0.6) is 0 Å². The molecule has 3 rings (SSSR count). The van der Waals surface area contributed by atoms with Crippen molar-refractivity contribution in [2.24, 2.45) is 0 Å². The van der Waals surface area contributed by atoms with Crippen LogP contribution >= 0.6 is 0 Å². The number of amides is 2. The van der Waals surface area contributed by atoms with Gasteiger partial charge in [0, 0.05) is 24.3 Å². The van der Waals surface area contributed by atoms with Crippen molar-refractivity contribution in [3.8, 4) is 0 Å². The second-order valence-corrected chi connectivity index (χ2v) is 6.15. The molecule has 0 fully saturated rings. The van der Waals surface area contributed by atoms with Gasteiger partial charge >= 0.3 is 11.8 Å². The molecule has 0 bridgehead atoms. The maximum atomic E-state index is 12.4. The molecule has 0 aliphatic carbocycles. The molecule has 2 amide bonds. The molecular formula is C20H20N2O3. The first-order valence-corrected chi connectivity index (χ1v) is 8.32. The van der Waals surface area contributed by atoms with Gasteiger partial charge in [0.1, 0.15) is 0 Å². The smallest absolute Gasteiger partial charge is 0.313 e. The van der Waals surface area contributed by atoms with Crippen LogP contribution in [0.4, 0.5) is 5.69 Å². The third-order valence-electron chi connectivity index (χ3n) is 4.45. The van der Waals surface area contributed by atoms with E-state index in [1.54, 1.807) is 29.2 Å². The minimum absolute atomic E-state index is 0.0434. The summed E-state index contributed by atoms with van der Waals surface area (Å²) < 4.78 is 0. The van der Waals surface area contributed by atoms with Gasteiger partial charge in [-0.05, 0) is 55.2 Å². The summed E-state index contributed by atoms with van der Waals surface area (Å²) in [6.45, 7) is 2.55. The quantitative estimate of drug-likeness (QED) is 0.677. The maximum Gasteiger partial charge on any atom is 0.313 e. The Morgan fingerprint density at radius 1 is 0.880 bits per heavy atom. The number of anilines is 1. The second-order valence-electron chi connectivity index (χ2n) is 6.15. The largest absolute Gasteiger partial charge is 0.334 e. The lowest BCUT2D eigenvalue weighted by atomic mass is 10.0.